The van der Waals surface area contributed by atoms with E-state index in [9.17, 15) is 23.5 Å². The molecule has 0 amide bonds. The van der Waals surface area contributed by atoms with Crippen LogP contribution in [0.4, 0.5) is 13.2 Å². The van der Waals surface area contributed by atoms with E-state index in [1.165, 1.54) is 24.3 Å². The summed E-state index contributed by atoms with van der Waals surface area (Å²) in [6.45, 7) is 5.48. The number of alkyl halides is 3. The van der Waals surface area contributed by atoms with Crippen LogP contribution in [0.5, 0.6) is 5.75 Å². The minimum absolute atomic E-state index is 0.0316. The number of halogens is 3. The number of rotatable bonds is 4. The van der Waals surface area contributed by atoms with Crippen molar-refractivity contribution in [2.75, 3.05) is 19.6 Å². The van der Waals surface area contributed by atoms with Crippen molar-refractivity contribution < 1.29 is 22.9 Å². The van der Waals surface area contributed by atoms with E-state index in [0.29, 0.717) is 25.2 Å². The van der Waals surface area contributed by atoms with E-state index in [-0.39, 0.29) is 11.8 Å². The van der Waals surface area contributed by atoms with Crippen LogP contribution in [0.15, 0.2) is 24.3 Å². The Morgan fingerprint density at radius 3 is 2.42 bits per heavy atom. The molecule has 1 fully saturated rings. The monoisotopic (exact) mass is 341 g/mol. The van der Waals surface area contributed by atoms with Crippen LogP contribution in [0.3, 0.4) is 0 Å². The molecule has 0 bridgehead atoms. The lowest BCUT2D eigenvalue weighted by molar-refractivity contribution is -0.274. The van der Waals surface area contributed by atoms with Crippen LogP contribution in [-0.2, 0) is 0 Å². The zero-order chi connectivity index (χ0) is 17.9. The predicted octanol–water partition coefficient (Wildman–Crippen LogP) is 2.27. The van der Waals surface area contributed by atoms with Gasteiger partial charge >= 0.3 is 13.4 Å². The molecule has 2 atom stereocenters. The van der Waals surface area contributed by atoms with Crippen molar-refractivity contribution in [3.8, 4) is 11.8 Å². The van der Waals surface area contributed by atoms with Crippen molar-refractivity contribution >= 4 is 7.05 Å². The van der Waals surface area contributed by atoms with Gasteiger partial charge in [-0.1, -0.05) is 12.1 Å². The highest BCUT2D eigenvalue weighted by Gasteiger charge is 2.33. The van der Waals surface area contributed by atoms with Crippen molar-refractivity contribution in [3.63, 3.8) is 0 Å². The number of nitriles is 1. The van der Waals surface area contributed by atoms with Gasteiger partial charge in [0.2, 0.25) is 0 Å². The maximum Gasteiger partial charge on any atom is 0.573 e. The zero-order valence-corrected chi connectivity index (χ0v) is 13.5. The predicted molar refractivity (Wildman–Crippen MR) is 83.1 cm³/mol. The second kappa shape index (κ2) is 7.42. The second-order valence-corrected chi connectivity index (χ2v) is 5.86. The van der Waals surface area contributed by atoms with Crippen molar-refractivity contribution in [1.29, 1.82) is 5.26 Å². The van der Waals surface area contributed by atoms with Gasteiger partial charge in [0.25, 0.3) is 0 Å². The average molecular weight is 341 g/mol. The summed E-state index contributed by atoms with van der Waals surface area (Å²) in [6, 6.07) is 7.06. The minimum Gasteiger partial charge on any atom is -0.437 e. The Hall–Kier alpha value is -1.76. The first kappa shape index (κ1) is 18.6. The first-order valence-corrected chi connectivity index (χ1v) is 7.64. The van der Waals surface area contributed by atoms with Crippen LogP contribution in [0.1, 0.15) is 18.5 Å². The summed E-state index contributed by atoms with van der Waals surface area (Å²) in [7, 11) is -0.547. The molecule has 0 saturated carbocycles. The smallest absolute Gasteiger partial charge is 0.437 e. The molecule has 1 unspecified atom stereocenters. The summed E-state index contributed by atoms with van der Waals surface area (Å²) in [4.78, 5) is 3.90. The van der Waals surface area contributed by atoms with Gasteiger partial charge in [-0.2, -0.15) is 5.26 Å². The molecule has 130 valence electrons. The Morgan fingerprint density at radius 1 is 1.33 bits per heavy atom. The molecule has 1 aliphatic rings. The molecule has 1 saturated heterocycles. The molecule has 0 radical (unpaired) electrons. The Morgan fingerprint density at radius 2 is 1.96 bits per heavy atom. The van der Waals surface area contributed by atoms with Gasteiger partial charge < -0.3 is 14.6 Å². The van der Waals surface area contributed by atoms with E-state index in [0.717, 1.165) is 0 Å². The summed E-state index contributed by atoms with van der Waals surface area (Å²) >= 11 is 0. The summed E-state index contributed by atoms with van der Waals surface area (Å²) in [5.74, 6) is -0.310. The van der Waals surface area contributed by atoms with Crippen molar-refractivity contribution in [2.45, 2.75) is 32.2 Å². The maximum absolute atomic E-state index is 12.2. The highest BCUT2D eigenvalue weighted by Crippen LogP contribution is 2.28. The molecule has 1 aliphatic heterocycles. The number of benzene rings is 1. The van der Waals surface area contributed by atoms with E-state index in [1.54, 1.807) is 6.82 Å². The van der Waals surface area contributed by atoms with Gasteiger partial charge in [-0.15, -0.1) is 13.2 Å². The van der Waals surface area contributed by atoms with Crippen LogP contribution < -0.4 is 4.74 Å². The first-order chi connectivity index (χ1) is 11.2. The molecule has 1 heterocycles. The van der Waals surface area contributed by atoms with Crippen LogP contribution in [0.25, 0.3) is 0 Å². The van der Waals surface area contributed by atoms with E-state index in [2.05, 4.69) is 10.8 Å². The highest BCUT2D eigenvalue weighted by molar-refractivity contribution is 6.45. The fourth-order valence-corrected chi connectivity index (χ4v) is 2.91. The third-order valence-corrected chi connectivity index (χ3v) is 4.12. The number of ether oxygens (including phenoxy) is 1. The SMILES string of the molecule is CB(O)N1CCN(C(C#N)c2ccc(OC(F)(F)F)cc2)[C@@H](C)C1. The van der Waals surface area contributed by atoms with Gasteiger partial charge in [-0.25, -0.2) is 0 Å². The van der Waals surface area contributed by atoms with Crippen LogP contribution in [0.2, 0.25) is 6.82 Å². The number of nitrogens with zero attached hydrogens (tertiary/aromatic N) is 3. The van der Waals surface area contributed by atoms with Gasteiger partial charge in [-0.3, -0.25) is 4.90 Å². The van der Waals surface area contributed by atoms with Gasteiger partial charge in [0.05, 0.1) is 6.07 Å². The molecular weight excluding hydrogens is 322 g/mol. The van der Waals surface area contributed by atoms with Gasteiger partial charge in [0.1, 0.15) is 11.8 Å². The van der Waals surface area contributed by atoms with Crippen molar-refractivity contribution in [1.82, 2.24) is 9.71 Å². The molecular formula is C15H19BF3N3O2. The summed E-state index contributed by atoms with van der Waals surface area (Å²) < 4.78 is 40.5. The average Bonchev–Trinajstić information content (AvgIpc) is 2.49. The number of hydrogen-bond donors (Lipinski definition) is 1. The molecule has 1 N–H and O–H groups in total. The van der Waals surface area contributed by atoms with Crippen molar-refractivity contribution in [3.05, 3.63) is 29.8 Å². The lowest BCUT2D eigenvalue weighted by Gasteiger charge is -2.42. The Labute approximate surface area is 139 Å². The lowest BCUT2D eigenvalue weighted by Crippen LogP contribution is -2.56. The van der Waals surface area contributed by atoms with E-state index < -0.39 is 19.5 Å². The highest BCUT2D eigenvalue weighted by atomic mass is 19.4. The van der Waals surface area contributed by atoms with Crippen LogP contribution >= 0.6 is 0 Å². The molecule has 2 rings (SSSR count). The molecule has 0 aromatic heterocycles. The minimum atomic E-state index is -4.73. The standard InChI is InChI=1S/C15H19BF3N3O2/c1-11-10-21(16(2)23)7-8-22(11)14(9-20)12-3-5-13(6-4-12)24-15(17,18)19/h3-6,11,14,23H,7-8,10H2,1-2H3/t11-,14?/m0/s1. The number of piperazine rings is 1. The Kier molecular flexibility index (Phi) is 5.75. The topological polar surface area (TPSA) is 59.7 Å². The fraction of sp³-hybridized carbons (Fsp3) is 0.533. The molecule has 24 heavy (non-hydrogen) atoms. The van der Waals surface area contributed by atoms with Gasteiger partial charge in [-0.05, 0) is 31.4 Å². The quantitative estimate of drug-likeness (QED) is 0.852. The van der Waals surface area contributed by atoms with E-state index in [1.807, 2.05) is 16.6 Å². The van der Waals surface area contributed by atoms with E-state index in [4.69, 9.17) is 0 Å². The van der Waals surface area contributed by atoms with Gasteiger partial charge in [0.15, 0.2) is 0 Å². The van der Waals surface area contributed by atoms with Crippen LogP contribution in [-0.4, -0.2) is 53.8 Å². The molecule has 1 aromatic rings. The third kappa shape index (κ3) is 4.63. The summed E-state index contributed by atoms with van der Waals surface area (Å²) in [6.07, 6.45) is -4.73. The first-order valence-electron chi connectivity index (χ1n) is 7.64. The normalized spacial score (nSPS) is 21.1. The Bertz CT molecular complexity index is 589. The third-order valence-electron chi connectivity index (χ3n) is 4.12. The molecule has 1 aromatic carbocycles. The van der Waals surface area contributed by atoms with Gasteiger partial charge in [0, 0.05) is 25.7 Å². The van der Waals surface area contributed by atoms with E-state index >= 15 is 0 Å². The zero-order valence-electron chi connectivity index (χ0n) is 13.5. The molecule has 0 aliphatic carbocycles. The molecule has 5 nitrogen and oxygen atoms in total. The maximum atomic E-state index is 12.2. The lowest BCUT2D eigenvalue weighted by atomic mass is 9.83. The largest absolute Gasteiger partial charge is 0.573 e. The Balaban J connectivity index is 2.10. The second-order valence-electron chi connectivity index (χ2n) is 5.86. The summed E-state index contributed by atoms with van der Waals surface area (Å²) in [5.41, 5.74) is 0.615. The fourth-order valence-electron chi connectivity index (χ4n) is 2.91. The molecule has 9 heteroatoms. The number of hydrogen-bond acceptors (Lipinski definition) is 5. The molecule has 0 spiro atoms. The van der Waals surface area contributed by atoms with Crippen molar-refractivity contribution in [2.24, 2.45) is 0 Å². The van der Waals surface area contributed by atoms with Crippen LogP contribution in [0, 0.1) is 11.3 Å². The summed E-state index contributed by atoms with van der Waals surface area (Å²) in [5, 5.41) is 19.2.